The number of hydrogen-bond acceptors (Lipinski definition) is 5. The fourth-order valence-electron chi connectivity index (χ4n) is 2.83. The van der Waals surface area contributed by atoms with Crippen molar-refractivity contribution < 1.29 is 12.8 Å². The summed E-state index contributed by atoms with van der Waals surface area (Å²) in [5.74, 6) is 0.582. The highest BCUT2D eigenvalue weighted by Crippen LogP contribution is 2.21. The first-order chi connectivity index (χ1) is 10.9. The summed E-state index contributed by atoms with van der Waals surface area (Å²) in [7, 11) is -3.50. The van der Waals surface area contributed by atoms with Gasteiger partial charge in [0, 0.05) is 24.6 Å². The summed E-state index contributed by atoms with van der Waals surface area (Å²) in [4.78, 5) is 4.51. The predicted molar refractivity (Wildman–Crippen MR) is 94.7 cm³/mol. The molecule has 2 unspecified atom stereocenters. The van der Waals surface area contributed by atoms with Gasteiger partial charge in [0.1, 0.15) is 12.0 Å². The van der Waals surface area contributed by atoms with Crippen LogP contribution in [0.5, 0.6) is 0 Å². The third-order valence-corrected chi connectivity index (χ3v) is 5.56. The van der Waals surface area contributed by atoms with Gasteiger partial charge < -0.3 is 9.73 Å². The Kier molecular flexibility index (Phi) is 6.03. The van der Waals surface area contributed by atoms with Crippen LogP contribution in [0.1, 0.15) is 25.7 Å². The molecule has 0 spiro atoms. The van der Waals surface area contributed by atoms with Crippen LogP contribution in [0.2, 0.25) is 0 Å². The number of nitrogens with zero attached hydrogens (tertiary/aromatic N) is 1. The summed E-state index contributed by atoms with van der Waals surface area (Å²) < 4.78 is 33.0. The number of aromatic nitrogens is 1. The number of halogens is 1. The largest absolute Gasteiger partial charge is 0.449 e. The first kappa shape index (κ1) is 18.9. The molecule has 2 heterocycles. The maximum absolute atomic E-state index is 12.5. The number of oxazole rings is 1. The quantitative estimate of drug-likeness (QED) is 0.862. The van der Waals surface area contributed by atoms with Gasteiger partial charge in [0.25, 0.3) is 0 Å². The second-order valence-corrected chi connectivity index (χ2v) is 7.69. The van der Waals surface area contributed by atoms with E-state index in [2.05, 4.69) is 21.9 Å². The number of sulfonamides is 1. The first-order valence-electron chi connectivity index (χ1n) is 7.72. The minimum absolute atomic E-state index is 0. The van der Waals surface area contributed by atoms with E-state index in [4.69, 9.17) is 4.42 Å². The Balaban J connectivity index is 0.00000208. The molecule has 132 valence electrons. The van der Waals surface area contributed by atoms with Gasteiger partial charge in [0.2, 0.25) is 10.0 Å². The van der Waals surface area contributed by atoms with Crippen LogP contribution < -0.4 is 10.0 Å². The molecule has 1 aromatic carbocycles. The smallest absolute Gasteiger partial charge is 0.240 e. The van der Waals surface area contributed by atoms with Crippen LogP contribution >= 0.6 is 12.4 Å². The van der Waals surface area contributed by atoms with E-state index in [0.717, 1.165) is 24.9 Å². The zero-order valence-electron chi connectivity index (χ0n) is 13.7. The second kappa shape index (κ2) is 7.65. The van der Waals surface area contributed by atoms with Gasteiger partial charge in [-0.1, -0.05) is 12.1 Å². The van der Waals surface area contributed by atoms with Crippen molar-refractivity contribution in [3.05, 3.63) is 36.4 Å². The molecular formula is C16H22ClN3O3S. The van der Waals surface area contributed by atoms with E-state index in [-0.39, 0.29) is 23.3 Å². The van der Waals surface area contributed by atoms with E-state index >= 15 is 0 Å². The van der Waals surface area contributed by atoms with Crippen molar-refractivity contribution in [2.45, 2.75) is 43.7 Å². The lowest BCUT2D eigenvalue weighted by molar-refractivity contribution is 0.361. The zero-order chi connectivity index (χ0) is 16.4. The van der Waals surface area contributed by atoms with Crippen LogP contribution in [-0.4, -0.2) is 32.0 Å². The maximum Gasteiger partial charge on any atom is 0.240 e. The Morgan fingerprint density at radius 2 is 2.00 bits per heavy atom. The first-order valence-corrected chi connectivity index (χ1v) is 9.20. The fraction of sp³-hybridized carbons (Fsp3) is 0.438. The molecule has 2 atom stereocenters. The van der Waals surface area contributed by atoms with Crippen molar-refractivity contribution in [2.75, 3.05) is 6.54 Å². The lowest BCUT2D eigenvalue weighted by atomic mass is 10.0. The molecule has 0 radical (unpaired) electrons. The minimum atomic E-state index is -3.50. The summed E-state index contributed by atoms with van der Waals surface area (Å²) in [6, 6.07) is 7.01. The van der Waals surface area contributed by atoms with E-state index in [1.54, 1.807) is 37.5 Å². The van der Waals surface area contributed by atoms with Gasteiger partial charge in [-0.25, -0.2) is 18.1 Å². The molecule has 8 heteroatoms. The standard InChI is InChI=1S/C16H21N3O3S.ClH/c1-11-9-14(7-8-17-11)19-23(20,21)15-5-3-13(4-6-15)16-10-22-12(2)18-16;/h3-6,10-11,14,17,19H,7-9H2,1-2H3;1H. The summed E-state index contributed by atoms with van der Waals surface area (Å²) in [5, 5.41) is 3.31. The minimum Gasteiger partial charge on any atom is -0.449 e. The molecule has 24 heavy (non-hydrogen) atoms. The van der Waals surface area contributed by atoms with Gasteiger partial charge in [0.05, 0.1) is 4.90 Å². The summed E-state index contributed by atoms with van der Waals surface area (Å²) in [5.41, 5.74) is 1.53. The van der Waals surface area contributed by atoms with Crippen molar-refractivity contribution in [1.29, 1.82) is 0 Å². The van der Waals surface area contributed by atoms with Crippen molar-refractivity contribution in [1.82, 2.24) is 15.0 Å². The molecule has 6 nitrogen and oxygen atoms in total. The highest BCUT2D eigenvalue weighted by Gasteiger charge is 2.24. The van der Waals surface area contributed by atoms with Gasteiger partial charge in [-0.2, -0.15) is 0 Å². The molecule has 3 rings (SSSR count). The van der Waals surface area contributed by atoms with E-state index in [1.165, 1.54) is 0 Å². The van der Waals surface area contributed by atoms with Gasteiger partial charge in [0.15, 0.2) is 5.89 Å². The number of rotatable bonds is 4. The lowest BCUT2D eigenvalue weighted by Gasteiger charge is -2.28. The van der Waals surface area contributed by atoms with Crippen molar-refractivity contribution in [2.24, 2.45) is 0 Å². The average molecular weight is 372 g/mol. The SMILES string of the molecule is Cc1nc(-c2ccc(S(=O)(=O)NC3CCNC(C)C3)cc2)co1.Cl. The average Bonchev–Trinajstić information content (AvgIpc) is 2.93. The van der Waals surface area contributed by atoms with Crippen LogP contribution in [0.4, 0.5) is 0 Å². The molecule has 2 N–H and O–H groups in total. The summed E-state index contributed by atoms with van der Waals surface area (Å²) in [6.07, 6.45) is 3.17. The van der Waals surface area contributed by atoms with Crippen LogP contribution in [0.15, 0.2) is 39.8 Å². The highest BCUT2D eigenvalue weighted by molar-refractivity contribution is 7.89. The topological polar surface area (TPSA) is 84.2 Å². The normalized spacial score (nSPS) is 21.2. The maximum atomic E-state index is 12.5. The third-order valence-electron chi connectivity index (χ3n) is 4.02. The van der Waals surface area contributed by atoms with Crippen LogP contribution in [0.25, 0.3) is 11.3 Å². The van der Waals surface area contributed by atoms with E-state index in [0.29, 0.717) is 17.6 Å². The molecule has 0 amide bonds. The van der Waals surface area contributed by atoms with Gasteiger partial charge in [-0.3, -0.25) is 0 Å². The third kappa shape index (κ3) is 4.36. The van der Waals surface area contributed by atoms with Gasteiger partial charge in [-0.15, -0.1) is 12.4 Å². The Hall–Kier alpha value is -1.41. The number of benzene rings is 1. The van der Waals surface area contributed by atoms with E-state index in [9.17, 15) is 8.42 Å². The molecule has 1 aliphatic rings. The summed E-state index contributed by atoms with van der Waals surface area (Å²) >= 11 is 0. The van der Waals surface area contributed by atoms with Gasteiger partial charge >= 0.3 is 0 Å². The lowest BCUT2D eigenvalue weighted by Crippen LogP contribution is -2.46. The molecule has 0 aliphatic carbocycles. The Morgan fingerprint density at radius 1 is 1.29 bits per heavy atom. The van der Waals surface area contributed by atoms with Crippen molar-refractivity contribution in [3.63, 3.8) is 0 Å². The molecule has 1 saturated heterocycles. The number of hydrogen-bond donors (Lipinski definition) is 2. The second-order valence-electron chi connectivity index (χ2n) is 5.97. The highest BCUT2D eigenvalue weighted by atomic mass is 35.5. The predicted octanol–water partition coefficient (Wildman–Crippen LogP) is 2.49. The summed E-state index contributed by atoms with van der Waals surface area (Å²) in [6.45, 7) is 4.67. The van der Waals surface area contributed by atoms with Crippen LogP contribution in [0, 0.1) is 6.92 Å². The molecule has 2 aromatic rings. The van der Waals surface area contributed by atoms with Crippen LogP contribution in [0.3, 0.4) is 0 Å². The van der Waals surface area contributed by atoms with Crippen LogP contribution in [-0.2, 0) is 10.0 Å². The Labute approximate surface area is 148 Å². The monoisotopic (exact) mass is 371 g/mol. The number of aryl methyl sites for hydroxylation is 1. The fourth-order valence-corrected chi connectivity index (χ4v) is 4.11. The number of nitrogens with one attached hydrogen (secondary N) is 2. The van der Waals surface area contributed by atoms with E-state index < -0.39 is 10.0 Å². The molecular weight excluding hydrogens is 350 g/mol. The molecule has 0 bridgehead atoms. The zero-order valence-corrected chi connectivity index (χ0v) is 15.3. The molecule has 0 saturated carbocycles. The van der Waals surface area contributed by atoms with E-state index in [1.807, 2.05) is 0 Å². The van der Waals surface area contributed by atoms with Gasteiger partial charge in [-0.05, 0) is 38.4 Å². The molecule has 1 fully saturated rings. The Morgan fingerprint density at radius 3 is 2.58 bits per heavy atom. The van der Waals surface area contributed by atoms with Crippen molar-refractivity contribution in [3.8, 4) is 11.3 Å². The molecule has 1 aromatic heterocycles. The Bertz CT molecular complexity index is 774. The number of piperidine rings is 1. The molecule has 1 aliphatic heterocycles. The van der Waals surface area contributed by atoms with Crippen molar-refractivity contribution >= 4 is 22.4 Å².